The van der Waals surface area contributed by atoms with Crippen molar-refractivity contribution in [3.05, 3.63) is 162 Å². The lowest BCUT2D eigenvalue weighted by atomic mass is 9.75. The molecule has 5 aliphatic rings. The zero-order valence-corrected chi connectivity index (χ0v) is 35.2. The standard InChI is InChI=1S/C48H50B4N2O8/c1-4-6-9-41(51-59-27-28-60-51)31-36-12-17-39(50-57-25-26-58-50)16-11-35(3)53(34-36)43-20-13-38(14-21-43)37-8-7-10-44(22-15-37)54-47-23-18-40(49(55)56-5-2)32-45(47)46-33-42(19-24-48(46)54)52-61-29-30-62-52/h4,7,9-11,13-24,31-33,55H,1,3,5-6,8,12,25-30,34H2,2H3/b16-11-,36-31-,39-17+,41-9+. The number of allylic oxidation sites excluding steroid dienone is 14. The second-order valence-corrected chi connectivity index (χ2v) is 15.7. The first kappa shape index (κ1) is 42.2. The van der Waals surface area contributed by atoms with Crippen LogP contribution in [0.2, 0.25) is 0 Å². The minimum atomic E-state index is -1.01. The van der Waals surface area contributed by atoms with Crippen LogP contribution in [-0.2, 0) is 32.6 Å². The molecule has 0 unspecified atom stereocenters. The van der Waals surface area contributed by atoms with Crippen molar-refractivity contribution in [1.82, 2.24) is 4.57 Å². The van der Waals surface area contributed by atoms with E-state index in [1.54, 1.807) is 0 Å². The summed E-state index contributed by atoms with van der Waals surface area (Å²) in [5, 5.41) is 12.8. The van der Waals surface area contributed by atoms with Crippen LogP contribution in [0.3, 0.4) is 0 Å². The fourth-order valence-corrected chi connectivity index (χ4v) is 8.56. The number of fused-ring (bicyclic) bond motifs is 3. The molecule has 62 heavy (non-hydrogen) atoms. The van der Waals surface area contributed by atoms with Gasteiger partial charge in [-0.2, -0.15) is 0 Å². The first-order valence-electron chi connectivity index (χ1n) is 21.6. The van der Waals surface area contributed by atoms with Gasteiger partial charge in [-0.3, -0.25) is 0 Å². The van der Waals surface area contributed by atoms with Crippen molar-refractivity contribution in [3.8, 4) is 0 Å². The van der Waals surface area contributed by atoms with E-state index in [0.29, 0.717) is 71.1 Å². The van der Waals surface area contributed by atoms with Gasteiger partial charge in [-0.05, 0) is 107 Å². The molecule has 3 fully saturated rings. The van der Waals surface area contributed by atoms with E-state index in [-0.39, 0.29) is 0 Å². The van der Waals surface area contributed by atoms with E-state index in [1.165, 1.54) is 11.1 Å². The Bertz CT molecular complexity index is 2540. The third-order valence-corrected chi connectivity index (χ3v) is 11.7. The summed E-state index contributed by atoms with van der Waals surface area (Å²) in [6.45, 7) is 14.8. The fourth-order valence-electron chi connectivity index (χ4n) is 8.56. The highest BCUT2D eigenvalue weighted by atomic mass is 16.6. The molecule has 312 valence electrons. The van der Waals surface area contributed by atoms with Gasteiger partial charge in [0.05, 0.1) is 50.7 Å². The molecule has 0 spiro atoms. The maximum atomic E-state index is 10.8. The Morgan fingerprint density at radius 2 is 1.53 bits per heavy atom. The Morgan fingerprint density at radius 1 is 0.823 bits per heavy atom. The molecule has 1 aliphatic carbocycles. The van der Waals surface area contributed by atoms with Gasteiger partial charge in [0, 0.05) is 41.0 Å². The number of aromatic nitrogens is 1. The largest absolute Gasteiger partial charge is 0.494 e. The minimum absolute atomic E-state index is 0.397. The third kappa shape index (κ3) is 9.15. The molecule has 1 N–H and O–H groups in total. The van der Waals surface area contributed by atoms with Gasteiger partial charge in [-0.25, -0.2) is 0 Å². The van der Waals surface area contributed by atoms with Gasteiger partial charge >= 0.3 is 28.5 Å². The summed E-state index contributed by atoms with van der Waals surface area (Å²) in [7, 11) is -2.22. The number of hydrogen-bond acceptors (Lipinski definition) is 9. The highest BCUT2D eigenvalue weighted by Crippen LogP contribution is 2.34. The van der Waals surface area contributed by atoms with Gasteiger partial charge < -0.3 is 47.1 Å². The van der Waals surface area contributed by atoms with Gasteiger partial charge in [0.1, 0.15) is 0 Å². The number of anilines is 1. The van der Waals surface area contributed by atoms with Crippen LogP contribution in [-0.4, -0.2) is 90.9 Å². The quantitative estimate of drug-likeness (QED) is 0.121. The average molecular weight is 826 g/mol. The molecule has 3 aromatic carbocycles. The summed E-state index contributed by atoms with van der Waals surface area (Å²) in [5.74, 6) is 0. The molecule has 9 rings (SSSR count). The van der Waals surface area contributed by atoms with Crippen LogP contribution in [0.1, 0.15) is 31.7 Å². The first-order chi connectivity index (χ1) is 30.5. The van der Waals surface area contributed by atoms with Crippen LogP contribution in [0, 0.1) is 0 Å². The van der Waals surface area contributed by atoms with E-state index in [2.05, 4.69) is 120 Å². The van der Waals surface area contributed by atoms with Crippen molar-refractivity contribution in [1.29, 1.82) is 0 Å². The summed E-state index contributed by atoms with van der Waals surface area (Å²) < 4.78 is 43.3. The number of nitrogens with zero attached hydrogens (tertiary/aromatic N) is 2. The number of benzene rings is 3. The molecule has 0 radical (unpaired) electrons. The van der Waals surface area contributed by atoms with Crippen molar-refractivity contribution < 1.29 is 37.6 Å². The van der Waals surface area contributed by atoms with E-state index in [9.17, 15) is 5.02 Å². The molecule has 5 heterocycles. The van der Waals surface area contributed by atoms with E-state index in [0.717, 1.165) is 67.3 Å². The van der Waals surface area contributed by atoms with Crippen LogP contribution in [0.25, 0.3) is 33.1 Å². The van der Waals surface area contributed by atoms with Crippen LogP contribution in [0.5, 0.6) is 0 Å². The smallest absolute Gasteiger partial charge is 0.423 e. The Labute approximate surface area is 365 Å². The topological polar surface area (TPSA) is 93.0 Å². The van der Waals surface area contributed by atoms with Crippen LogP contribution >= 0.6 is 0 Å². The number of hydrogen-bond donors (Lipinski definition) is 1. The monoisotopic (exact) mass is 826 g/mol. The molecule has 0 amide bonds. The number of rotatable bonds is 12. The van der Waals surface area contributed by atoms with E-state index in [4.69, 9.17) is 32.6 Å². The van der Waals surface area contributed by atoms with Crippen molar-refractivity contribution in [2.45, 2.75) is 26.2 Å². The summed E-state index contributed by atoms with van der Waals surface area (Å²) in [5.41, 5.74) is 12.1. The highest BCUT2D eigenvalue weighted by Gasteiger charge is 2.31. The maximum Gasteiger partial charge on any atom is 0.494 e. The van der Waals surface area contributed by atoms with Crippen molar-refractivity contribution in [3.63, 3.8) is 0 Å². The van der Waals surface area contributed by atoms with Gasteiger partial charge in [-0.15, -0.1) is 6.58 Å². The lowest BCUT2D eigenvalue weighted by Crippen LogP contribution is -2.33. The van der Waals surface area contributed by atoms with Crippen molar-refractivity contribution >= 4 is 78.2 Å². The second kappa shape index (κ2) is 19.5. The Balaban J connectivity index is 1.03. The normalized spacial score (nSPS) is 20.9. The van der Waals surface area contributed by atoms with Crippen molar-refractivity contribution in [2.75, 3.05) is 57.7 Å². The predicted octanol–water partition coefficient (Wildman–Crippen LogP) is 6.93. The predicted molar refractivity (Wildman–Crippen MR) is 253 cm³/mol. The Kier molecular flexibility index (Phi) is 13.3. The van der Waals surface area contributed by atoms with Crippen LogP contribution in [0.15, 0.2) is 157 Å². The van der Waals surface area contributed by atoms with Gasteiger partial charge in [0.25, 0.3) is 0 Å². The first-order valence-corrected chi connectivity index (χ1v) is 21.6. The molecule has 0 saturated carbocycles. The van der Waals surface area contributed by atoms with Crippen LogP contribution < -0.4 is 15.8 Å². The zero-order chi connectivity index (χ0) is 42.4. The van der Waals surface area contributed by atoms with Crippen molar-refractivity contribution in [2.24, 2.45) is 0 Å². The summed E-state index contributed by atoms with van der Waals surface area (Å²) in [6, 6.07) is 21.1. The van der Waals surface area contributed by atoms with Gasteiger partial charge in [0.2, 0.25) is 0 Å². The Morgan fingerprint density at radius 3 is 2.27 bits per heavy atom. The lowest BCUT2D eigenvalue weighted by molar-refractivity contribution is 0.287. The lowest BCUT2D eigenvalue weighted by Gasteiger charge is -2.27. The molecule has 0 atom stereocenters. The van der Waals surface area contributed by atoms with E-state index in [1.807, 2.05) is 31.2 Å². The molecule has 10 nitrogen and oxygen atoms in total. The van der Waals surface area contributed by atoms with E-state index >= 15 is 0 Å². The van der Waals surface area contributed by atoms with Crippen LogP contribution in [0.4, 0.5) is 5.69 Å². The zero-order valence-electron chi connectivity index (χ0n) is 35.2. The van der Waals surface area contributed by atoms with Gasteiger partial charge in [0.15, 0.2) is 0 Å². The average Bonchev–Trinajstić information content (AvgIpc) is 4.15. The summed E-state index contributed by atoms with van der Waals surface area (Å²) in [4.78, 5) is 2.25. The SMILES string of the molecule is C=CC/C=C(\C=C1\C/C=C(B2OCCO2)\C=C/C(=C)N(c2ccc(C3=CC=C(n4c5ccc(B(O)OCC)cc5c5cc(B6OCCO6)ccc54)C=CC3)cc2)C1)B1OCCO1. The highest BCUT2D eigenvalue weighted by molar-refractivity contribution is 6.62. The molecular weight excluding hydrogens is 776 g/mol. The van der Waals surface area contributed by atoms with E-state index < -0.39 is 28.5 Å². The molecule has 0 bridgehead atoms. The minimum Gasteiger partial charge on any atom is -0.423 e. The molecule has 4 aromatic rings. The summed E-state index contributed by atoms with van der Waals surface area (Å²) >= 11 is 0. The fraction of sp³-hybridized carbons (Fsp3) is 0.250. The maximum absolute atomic E-state index is 10.8. The molecule has 14 heteroatoms. The second-order valence-electron chi connectivity index (χ2n) is 15.7. The molecule has 4 aliphatic heterocycles. The Hall–Kier alpha value is -5.14. The third-order valence-electron chi connectivity index (χ3n) is 11.7. The van der Waals surface area contributed by atoms with Gasteiger partial charge in [-0.1, -0.05) is 85.5 Å². The molecule has 1 aromatic heterocycles. The summed E-state index contributed by atoms with van der Waals surface area (Å²) in [6.07, 6.45) is 23.5. The molecule has 3 saturated heterocycles. The molecular formula is C48H50B4N2O8.